The van der Waals surface area contributed by atoms with Crippen LogP contribution in [0.1, 0.15) is 36.6 Å². The average Bonchev–Trinajstić information content (AvgIpc) is 3.57. The van der Waals surface area contributed by atoms with E-state index in [2.05, 4.69) is 20.2 Å². The van der Waals surface area contributed by atoms with Gasteiger partial charge >= 0.3 is 12.1 Å². The largest absolute Gasteiger partial charge is 0.481 e. The molecule has 0 unspecified atom stereocenters. The molecule has 1 aliphatic heterocycles. The number of β-amino-alcohol motifs (C(OH)–C–C–N with tert-alkyl or cyclic N) is 1. The summed E-state index contributed by atoms with van der Waals surface area (Å²) >= 11 is 0. The molecule has 4 heterocycles. The van der Waals surface area contributed by atoms with Gasteiger partial charge in [0.25, 0.3) is 5.89 Å². The predicted molar refractivity (Wildman–Crippen MR) is 131 cm³/mol. The lowest BCUT2D eigenvalue weighted by Gasteiger charge is -2.33. The van der Waals surface area contributed by atoms with Crippen molar-refractivity contribution in [3.63, 3.8) is 0 Å². The maximum absolute atomic E-state index is 14.0. The summed E-state index contributed by atoms with van der Waals surface area (Å²) in [5.41, 5.74) is -0.609. The van der Waals surface area contributed by atoms with Crippen LogP contribution in [-0.2, 0) is 11.0 Å². The second kappa shape index (κ2) is 11.1. The standard InChI is InChI=1S/C26H24F4N6O4/c27-18-7-8-21(31-11-18)36-23(26(28,29)30)19(12-32-36)25-33-24(34-40-25)17-5-3-16(4-6-17)20(37)14-35-9-1-2-15(13-35)10-22(38)39/h3-8,11-12,15,20,37H,1-2,9-10,13-14H2,(H,38,39)/t15-,20-/m1/s1. The number of likely N-dealkylation sites (tertiary alicyclic amines) is 1. The third-order valence-electron chi connectivity index (χ3n) is 6.67. The normalized spacial score (nSPS) is 17.2. The third-order valence-corrected chi connectivity index (χ3v) is 6.67. The van der Waals surface area contributed by atoms with E-state index in [1.165, 1.54) is 0 Å². The molecule has 0 amide bonds. The van der Waals surface area contributed by atoms with Crippen LogP contribution in [0.5, 0.6) is 0 Å². The summed E-state index contributed by atoms with van der Waals surface area (Å²) in [7, 11) is 0. The van der Waals surface area contributed by atoms with Crippen LogP contribution < -0.4 is 0 Å². The molecule has 1 aliphatic rings. The van der Waals surface area contributed by atoms with Crippen molar-refractivity contribution in [3.8, 4) is 28.7 Å². The molecule has 0 radical (unpaired) electrons. The molecule has 14 heteroatoms. The van der Waals surface area contributed by atoms with Gasteiger partial charge in [-0.25, -0.2) is 14.1 Å². The maximum Gasteiger partial charge on any atom is 0.434 e. The van der Waals surface area contributed by atoms with Gasteiger partial charge in [0.1, 0.15) is 5.82 Å². The molecule has 0 aliphatic carbocycles. The number of aliphatic carboxylic acids is 1. The first-order chi connectivity index (χ1) is 19.1. The lowest BCUT2D eigenvalue weighted by molar-refractivity contribution is -0.142. The van der Waals surface area contributed by atoms with E-state index in [1.807, 2.05) is 4.90 Å². The number of piperidine rings is 1. The van der Waals surface area contributed by atoms with Crippen molar-refractivity contribution in [1.29, 1.82) is 0 Å². The van der Waals surface area contributed by atoms with Crippen LogP contribution in [0.25, 0.3) is 28.7 Å². The van der Waals surface area contributed by atoms with Gasteiger partial charge in [-0.1, -0.05) is 29.4 Å². The molecule has 1 aromatic carbocycles. The van der Waals surface area contributed by atoms with E-state index in [1.54, 1.807) is 24.3 Å². The number of aliphatic hydroxyl groups excluding tert-OH is 1. The summed E-state index contributed by atoms with van der Waals surface area (Å²) in [4.78, 5) is 20.9. The van der Waals surface area contributed by atoms with Crippen molar-refractivity contribution in [2.45, 2.75) is 31.5 Å². The Morgan fingerprint density at radius 1 is 1.15 bits per heavy atom. The lowest BCUT2D eigenvalue weighted by Crippen LogP contribution is -2.38. The van der Waals surface area contributed by atoms with Gasteiger partial charge in [0, 0.05) is 25.1 Å². The zero-order chi connectivity index (χ0) is 28.4. The number of rotatable bonds is 8. The Morgan fingerprint density at radius 2 is 1.93 bits per heavy atom. The van der Waals surface area contributed by atoms with Crippen molar-refractivity contribution in [3.05, 3.63) is 65.9 Å². The fourth-order valence-electron chi connectivity index (χ4n) is 4.83. The molecule has 0 spiro atoms. The molecule has 0 saturated carbocycles. The molecular weight excluding hydrogens is 536 g/mol. The van der Waals surface area contributed by atoms with Gasteiger partial charge in [-0.15, -0.1) is 0 Å². The number of alkyl halides is 3. The molecule has 3 aromatic heterocycles. The first kappa shape index (κ1) is 27.4. The highest BCUT2D eigenvalue weighted by molar-refractivity contribution is 5.67. The van der Waals surface area contributed by atoms with Gasteiger partial charge in [0.2, 0.25) is 5.82 Å². The molecule has 10 nitrogen and oxygen atoms in total. The molecule has 40 heavy (non-hydrogen) atoms. The topological polar surface area (TPSA) is 130 Å². The van der Waals surface area contributed by atoms with Crippen LogP contribution in [0.15, 0.2) is 53.3 Å². The number of carboxylic acid groups (broad SMARTS) is 1. The molecular formula is C26H24F4N6O4. The summed E-state index contributed by atoms with van der Waals surface area (Å²) in [5, 5.41) is 27.3. The van der Waals surface area contributed by atoms with Crippen molar-refractivity contribution in [2.75, 3.05) is 19.6 Å². The molecule has 2 atom stereocenters. The zero-order valence-electron chi connectivity index (χ0n) is 20.9. The summed E-state index contributed by atoms with van der Waals surface area (Å²) < 4.78 is 60.8. The van der Waals surface area contributed by atoms with E-state index in [0.717, 1.165) is 43.9 Å². The first-order valence-electron chi connectivity index (χ1n) is 12.4. The van der Waals surface area contributed by atoms with Gasteiger partial charge in [0.15, 0.2) is 11.5 Å². The lowest BCUT2D eigenvalue weighted by atomic mass is 9.94. The molecule has 1 saturated heterocycles. The number of carboxylic acids is 1. The first-order valence-corrected chi connectivity index (χ1v) is 12.4. The molecule has 2 N–H and O–H groups in total. The van der Waals surface area contributed by atoms with Crippen molar-refractivity contribution < 1.29 is 37.1 Å². The fraction of sp³-hybridized carbons (Fsp3) is 0.346. The van der Waals surface area contributed by atoms with Crippen LogP contribution in [-0.4, -0.2) is 65.6 Å². The second-order valence-corrected chi connectivity index (χ2v) is 9.58. The third kappa shape index (κ3) is 6.02. The number of hydrogen-bond acceptors (Lipinski definition) is 8. The van der Waals surface area contributed by atoms with Crippen molar-refractivity contribution in [1.82, 2.24) is 29.8 Å². The molecule has 0 bridgehead atoms. The Labute approximate surface area is 224 Å². The number of nitrogens with zero attached hydrogens (tertiary/aromatic N) is 6. The SMILES string of the molecule is O=C(O)C[C@H]1CCCN(C[C@@H](O)c2ccc(-c3noc(-c4cnn(-c5ccc(F)cn5)c4C(F)(F)F)n3)cc2)C1. The summed E-state index contributed by atoms with van der Waals surface area (Å²) in [6.07, 6.45) is -2.18. The predicted octanol–water partition coefficient (Wildman–Crippen LogP) is 4.36. The minimum Gasteiger partial charge on any atom is -0.481 e. The molecule has 1 fully saturated rings. The smallest absolute Gasteiger partial charge is 0.434 e. The summed E-state index contributed by atoms with van der Waals surface area (Å²) in [6.45, 7) is 1.71. The van der Waals surface area contributed by atoms with E-state index in [4.69, 9.17) is 9.63 Å². The van der Waals surface area contributed by atoms with E-state index in [0.29, 0.717) is 28.9 Å². The second-order valence-electron chi connectivity index (χ2n) is 9.58. The Hall–Kier alpha value is -4.17. The number of aromatic nitrogens is 5. The number of benzene rings is 1. The maximum atomic E-state index is 14.0. The van der Waals surface area contributed by atoms with E-state index in [9.17, 15) is 27.5 Å². The Balaban J connectivity index is 1.32. The van der Waals surface area contributed by atoms with Gasteiger partial charge in [-0.2, -0.15) is 23.3 Å². The van der Waals surface area contributed by atoms with E-state index in [-0.39, 0.29) is 24.0 Å². The Bertz CT molecular complexity index is 1470. The summed E-state index contributed by atoms with van der Waals surface area (Å²) in [6, 6.07) is 8.59. The highest BCUT2D eigenvalue weighted by atomic mass is 19.4. The minimum absolute atomic E-state index is 0.0318. The van der Waals surface area contributed by atoms with Crippen LogP contribution in [0.2, 0.25) is 0 Å². The van der Waals surface area contributed by atoms with Crippen molar-refractivity contribution >= 4 is 5.97 Å². The molecule has 5 rings (SSSR count). The number of aliphatic hydroxyl groups is 1. The van der Waals surface area contributed by atoms with Crippen LogP contribution in [0.4, 0.5) is 17.6 Å². The van der Waals surface area contributed by atoms with Crippen LogP contribution >= 0.6 is 0 Å². The number of halogens is 4. The monoisotopic (exact) mass is 560 g/mol. The van der Waals surface area contributed by atoms with E-state index >= 15 is 0 Å². The van der Waals surface area contributed by atoms with Crippen molar-refractivity contribution in [2.24, 2.45) is 5.92 Å². The molecule has 4 aromatic rings. The number of carbonyl (C=O) groups is 1. The number of pyridine rings is 1. The average molecular weight is 561 g/mol. The zero-order valence-corrected chi connectivity index (χ0v) is 20.9. The van der Waals surface area contributed by atoms with Gasteiger partial charge in [-0.05, 0) is 43.0 Å². The summed E-state index contributed by atoms with van der Waals surface area (Å²) in [5.74, 6) is -2.12. The Morgan fingerprint density at radius 3 is 2.60 bits per heavy atom. The van der Waals surface area contributed by atoms with E-state index < -0.39 is 41.2 Å². The highest BCUT2D eigenvalue weighted by Crippen LogP contribution is 2.38. The fourth-order valence-corrected chi connectivity index (χ4v) is 4.83. The quantitative estimate of drug-likeness (QED) is 0.302. The molecule has 210 valence electrons. The van der Waals surface area contributed by atoms with Gasteiger partial charge < -0.3 is 19.6 Å². The number of hydrogen-bond donors (Lipinski definition) is 2. The highest BCUT2D eigenvalue weighted by Gasteiger charge is 2.41. The minimum atomic E-state index is -4.86. The van der Waals surface area contributed by atoms with Crippen LogP contribution in [0.3, 0.4) is 0 Å². The van der Waals surface area contributed by atoms with Gasteiger partial charge in [-0.3, -0.25) is 4.79 Å². The van der Waals surface area contributed by atoms with Crippen LogP contribution in [0, 0.1) is 11.7 Å². The Kier molecular flexibility index (Phi) is 7.63. The van der Waals surface area contributed by atoms with Gasteiger partial charge in [0.05, 0.1) is 24.1 Å².